The smallest absolute Gasteiger partial charge is 0.329 e. The Morgan fingerprint density at radius 2 is 1.79 bits per heavy atom. The fourth-order valence-corrected chi connectivity index (χ4v) is 2.54. The van der Waals surface area contributed by atoms with Crippen LogP contribution in [0.5, 0.6) is 0 Å². The largest absolute Gasteiger partial charge is 0.397 e. The van der Waals surface area contributed by atoms with E-state index >= 15 is 0 Å². The first-order valence-electron chi connectivity index (χ1n) is 9.09. The second-order valence-electron chi connectivity index (χ2n) is 6.16. The number of hydrogen-bond acceptors (Lipinski definition) is 4. The third-order valence-electron chi connectivity index (χ3n) is 4.19. The van der Waals surface area contributed by atoms with Gasteiger partial charge in [-0.2, -0.15) is 0 Å². The van der Waals surface area contributed by atoms with E-state index in [4.69, 9.17) is 17.9 Å². The molecule has 0 saturated heterocycles. The fraction of sp³-hybridized carbons (Fsp3) is 0.130. The summed E-state index contributed by atoms with van der Waals surface area (Å²) >= 11 is 0. The third kappa shape index (κ3) is 5.75. The molecule has 0 bridgehead atoms. The Morgan fingerprint density at radius 3 is 2.45 bits per heavy atom. The van der Waals surface area contributed by atoms with Gasteiger partial charge in [0.2, 0.25) is 0 Å². The van der Waals surface area contributed by atoms with E-state index in [0.29, 0.717) is 23.4 Å². The fourth-order valence-electron chi connectivity index (χ4n) is 2.54. The van der Waals surface area contributed by atoms with Crippen molar-refractivity contribution in [3.8, 4) is 12.3 Å². The van der Waals surface area contributed by atoms with E-state index in [1.54, 1.807) is 6.07 Å². The standard InChI is InChI=1S/C14H14N2.C9H10N2O2/c15-13-8-4-7-12(14(13)16)10-9-11-5-2-1-3-6-11;1-3-5-11-8(12)7(4-2)6-10-9(11)13/h1-10H,15-16H2;1,6H,4-5H2,2H3,(H,10,13). The Morgan fingerprint density at radius 1 is 1.07 bits per heavy atom. The van der Waals surface area contributed by atoms with Gasteiger partial charge in [0.25, 0.3) is 5.56 Å². The third-order valence-corrected chi connectivity index (χ3v) is 4.19. The van der Waals surface area contributed by atoms with Crippen LogP contribution in [0.15, 0.2) is 64.3 Å². The molecule has 5 N–H and O–H groups in total. The van der Waals surface area contributed by atoms with Crippen molar-refractivity contribution in [1.29, 1.82) is 0 Å². The van der Waals surface area contributed by atoms with Gasteiger partial charge in [0.1, 0.15) is 0 Å². The molecule has 0 amide bonds. The molecule has 3 aromatic rings. The first-order chi connectivity index (χ1) is 14.0. The van der Waals surface area contributed by atoms with Crippen molar-refractivity contribution in [2.75, 3.05) is 11.5 Å². The molecule has 0 unspecified atom stereocenters. The van der Waals surface area contributed by atoms with E-state index in [9.17, 15) is 9.59 Å². The number of anilines is 2. The number of nitrogens with two attached hydrogens (primary N) is 2. The minimum atomic E-state index is -0.458. The highest BCUT2D eigenvalue weighted by Gasteiger charge is 2.03. The van der Waals surface area contributed by atoms with Crippen LogP contribution in [-0.2, 0) is 13.0 Å². The molecule has 1 heterocycles. The topological polar surface area (TPSA) is 107 Å². The summed E-state index contributed by atoms with van der Waals surface area (Å²) in [7, 11) is 0. The van der Waals surface area contributed by atoms with Gasteiger partial charge in [0.05, 0.1) is 17.9 Å². The molecule has 0 saturated carbocycles. The summed E-state index contributed by atoms with van der Waals surface area (Å²) in [4.78, 5) is 25.0. The van der Waals surface area contributed by atoms with E-state index in [-0.39, 0.29) is 12.1 Å². The minimum Gasteiger partial charge on any atom is -0.397 e. The van der Waals surface area contributed by atoms with Crippen molar-refractivity contribution in [3.63, 3.8) is 0 Å². The number of H-pyrrole nitrogens is 1. The van der Waals surface area contributed by atoms with Crippen LogP contribution in [0.2, 0.25) is 0 Å². The Labute approximate surface area is 169 Å². The van der Waals surface area contributed by atoms with Crippen molar-refractivity contribution >= 4 is 23.5 Å². The molecule has 0 fully saturated rings. The first kappa shape index (κ1) is 21.3. The normalized spacial score (nSPS) is 10.2. The molecule has 0 aliphatic heterocycles. The van der Waals surface area contributed by atoms with E-state index in [2.05, 4.69) is 10.9 Å². The lowest BCUT2D eigenvalue weighted by Gasteiger charge is -2.03. The number of nitrogen functional groups attached to an aromatic ring is 2. The van der Waals surface area contributed by atoms with E-state index in [1.165, 1.54) is 6.20 Å². The zero-order valence-electron chi connectivity index (χ0n) is 16.3. The number of aromatic amines is 1. The lowest BCUT2D eigenvalue weighted by molar-refractivity contribution is 0.711. The molecule has 2 aromatic carbocycles. The highest BCUT2D eigenvalue weighted by Crippen LogP contribution is 2.21. The molecule has 0 aliphatic carbocycles. The lowest BCUT2D eigenvalue weighted by Crippen LogP contribution is -2.36. The summed E-state index contributed by atoms with van der Waals surface area (Å²) in [5.74, 6) is 2.26. The minimum absolute atomic E-state index is 0.0159. The Bertz CT molecular complexity index is 1140. The van der Waals surface area contributed by atoms with Crippen LogP contribution in [0.4, 0.5) is 11.4 Å². The van der Waals surface area contributed by atoms with Gasteiger partial charge in [-0.1, -0.05) is 67.5 Å². The van der Waals surface area contributed by atoms with Gasteiger partial charge in [-0.15, -0.1) is 6.42 Å². The number of para-hydroxylation sites is 1. The average Bonchev–Trinajstić information content (AvgIpc) is 2.73. The molecule has 29 heavy (non-hydrogen) atoms. The molecule has 0 atom stereocenters. The SMILES string of the molecule is C#CCn1c(=O)[nH]cc(CC)c1=O.Nc1cccc(C=Cc2ccccc2)c1N. The molecule has 3 rings (SSSR count). The maximum absolute atomic E-state index is 11.5. The van der Waals surface area contributed by atoms with Crippen molar-refractivity contribution in [3.05, 3.63) is 92.3 Å². The van der Waals surface area contributed by atoms with Crippen LogP contribution < -0.4 is 22.7 Å². The lowest BCUT2D eigenvalue weighted by atomic mass is 10.1. The molecule has 6 heteroatoms. The zero-order valence-corrected chi connectivity index (χ0v) is 16.3. The molecule has 148 valence electrons. The van der Waals surface area contributed by atoms with Gasteiger partial charge in [-0.05, 0) is 23.6 Å². The van der Waals surface area contributed by atoms with E-state index < -0.39 is 5.69 Å². The monoisotopic (exact) mass is 388 g/mol. The molecule has 0 radical (unpaired) electrons. The number of nitrogens with one attached hydrogen (secondary N) is 1. The second kappa shape index (κ2) is 10.4. The van der Waals surface area contributed by atoms with Crippen LogP contribution >= 0.6 is 0 Å². The average molecular weight is 388 g/mol. The van der Waals surface area contributed by atoms with E-state index in [1.807, 2.05) is 61.5 Å². The van der Waals surface area contributed by atoms with Crippen molar-refractivity contribution in [2.45, 2.75) is 19.9 Å². The summed E-state index contributed by atoms with van der Waals surface area (Å²) in [6, 6.07) is 15.7. The molecule has 0 spiro atoms. The molecular formula is C23H24N4O2. The Balaban J connectivity index is 0.000000212. The predicted molar refractivity (Wildman–Crippen MR) is 120 cm³/mol. The summed E-state index contributed by atoms with van der Waals surface area (Å²) in [6.45, 7) is 1.86. The number of benzene rings is 2. The van der Waals surface area contributed by atoms with Crippen LogP contribution in [0.25, 0.3) is 12.2 Å². The van der Waals surface area contributed by atoms with Crippen LogP contribution in [0, 0.1) is 12.3 Å². The van der Waals surface area contributed by atoms with Crippen LogP contribution in [0.3, 0.4) is 0 Å². The molecule has 0 aliphatic rings. The maximum atomic E-state index is 11.5. The number of terminal acetylenes is 1. The zero-order chi connectivity index (χ0) is 21.2. The Kier molecular flexibility index (Phi) is 7.63. The highest BCUT2D eigenvalue weighted by atomic mass is 16.2. The van der Waals surface area contributed by atoms with Gasteiger partial charge in [-0.25, -0.2) is 9.36 Å². The van der Waals surface area contributed by atoms with Crippen molar-refractivity contribution in [1.82, 2.24) is 9.55 Å². The summed E-state index contributed by atoms with van der Waals surface area (Å²) in [6.07, 6.45) is 11.0. The summed E-state index contributed by atoms with van der Waals surface area (Å²) in [5, 5.41) is 0. The van der Waals surface area contributed by atoms with Crippen LogP contribution in [0.1, 0.15) is 23.6 Å². The van der Waals surface area contributed by atoms with Gasteiger partial charge in [0, 0.05) is 11.8 Å². The molecule has 1 aromatic heterocycles. The van der Waals surface area contributed by atoms with Crippen molar-refractivity contribution < 1.29 is 0 Å². The highest BCUT2D eigenvalue weighted by molar-refractivity contribution is 5.81. The molecule has 6 nitrogen and oxygen atoms in total. The van der Waals surface area contributed by atoms with Crippen LogP contribution in [-0.4, -0.2) is 9.55 Å². The summed E-state index contributed by atoms with van der Waals surface area (Å²) in [5.41, 5.74) is 14.8. The summed E-state index contributed by atoms with van der Waals surface area (Å²) < 4.78 is 1.01. The maximum Gasteiger partial charge on any atom is 0.329 e. The number of nitrogens with zero attached hydrogens (tertiary/aromatic N) is 1. The van der Waals surface area contributed by atoms with Gasteiger partial charge in [-0.3, -0.25) is 4.79 Å². The van der Waals surface area contributed by atoms with Gasteiger partial charge in [0.15, 0.2) is 0 Å². The van der Waals surface area contributed by atoms with E-state index in [0.717, 1.165) is 15.7 Å². The quantitative estimate of drug-likeness (QED) is 0.363. The number of aryl methyl sites for hydroxylation is 1. The van der Waals surface area contributed by atoms with Gasteiger partial charge < -0.3 is 16.5 Å². The number of rotatable bonds is 4. The van der Waals surface area contributed by atoms with Crippen molar-refractivity contribution in [2.24, 2.45) is 0 Å². The number of aromatic nitrogens is 2. The number of hydrogen-bond donors (Lipinski definition) is 3. The predicted octanol–water partition coefficient (Wildman–Crippen LogP) is 2.75. The second-order valence-corrected chi connectivity index (χ2v) is 6.16. The van der Waals surface area contributed by atoms with Gasteiger partial charge >= 0.3 is 5.69 Å². The Hall–Kier alpha value is -3.98. The first-order valence-corrected chi connectivity index (χ1v) is 9.09. The molecular weight excluding hydrogens is 364 g/mol.